The number of hydrogen-bond acceptors (Lipinski definition) is 7. The van der Waals surface area contributed by atoms with Gasteiger partial charge in [-0.3, -0.25) is 4.79 Å². The highest BCUT2D eigenvalue weighted by Crippen LogP contribution is 2.14. The summed E-state index contributed by atoms with van der Waals surface area (Å²) in [5, 5.41) is 0. The Hall–Kier alpha value is -1.80. The van der Waals surface area contributed by atoms with Gasteiger partial charge in [0.2, 0.25) is 0 Å². The number of nitrogens with zero attached hydrogens (tertiary/aromatic N) is 2. The van der Waals surface area contributed by atoms with Crippen molar-refractivity contribution in [2.75, 3.05) is 66.9 Å². The molecular weight excluding hydrogens is 817 g/mol. The summed E-state index contributed by atoms with van der Waals surface area (Å²) >= 11 is 0. The number of hydrogen-bond donors (Lipinski definition) is 0. The van der Waals surface area contributed by atoms with E-state index < -0.39 is 0 Å². The topological polar surface area (TPSA) is 68.3 Å². The van der Waals surface area contributed by atoms with Gasteiger partial charge < -0.3 is 28.8 Å². The van der Waals surface area contributed by atoms with Crippen LogP contribution in [-0.4, -0.2) is 89.4 Å². The summed E-state index contributed by atoms with van der Waals surface area (Å²) in [6.45, 7) is 14.9. The first-order valence-corrected chi connectivity index (χ1v) is 27.4. The maximum absolute atomic E-state index is 12.9. The van der Waals surface area contributed by atoms with E-state index in [1.165, 1.54) is 180 Å². The lowest BCUT2D eigenvalue weighted by Crippen LogP contribution is -2.36. The maximum Gasteiger partial charge on any atom is 0.305 e. The number of carbonyl (C=O) groups excluding carboxylic acids is 2. The summed E-state index contributed by atoms with van der Waals surface area (Å²) in [6, 6.07) is 0. The molecule has 394 valence electrons. The van der Waals surface area contributed by atoms with E-state index in [-0.39, 0.29) is 26.7 Å². The number of esters is 1. The summed E-state index contributed by atoms with van der Waals surface area (Å²) in [5.41, 5.74) is 0. The van der Waals surface area contributed by atoms with E-state index in [1.54, 1.807) is 0 Å². The van der Waals surface area contributed by atoms with Crippen LogP contribution in [0.4, 0.5) is 0 Å². The molecule has 0 radical (unpaired) electrons. The zero-order chi connectivity index (χ0) is 47.1. The standard InChI is InChI=1S/C56H108N2O4.CH2O.2CH4/c1-6-9-12-15-18-21-23-25-27-29-31-33-35-38-41-44-50-60-54-61-52-55(51-58(49-45-47-57(4)5)48-43-40-37-20-17-14-11-8-3)53-62-56(59)46-42-39-36-34-32-30-28-26-24-22-19-16-13-10-7-2;1-2;;/h20,25-28,37,55H,6-19,21-24,29-36,38-54H2,1-5H3;1H2;2*1H4/b27-25-,28-26-,37-20-;;;. The minimum atomic E-state index is -0.0591. The van der Waals surface area contributed by atoms with Gasteiger partial charge in [0.25, 0.3) is 0 Å². The zero-order valence-corrected chi connectivity index (χ0v) is 43.6. The van der Waals surface area contributed by atoms with Crippen molar-refractivity contribution < 1.29 is 23.8 Å². The molecule has 0 N–H and O–H groups in total. The Morgan fingerprint density at radius 3 is 1.30 bits per heavy atom. The van der Waals surface area contributed by atoms with Crippen molar-refractivity contribution in [3.05, 3.63) is 36.5 Å². The second-order valence-corrected chi connectivity index (χ2v) is 18.8. The molecule has 0 aliphatic rings. The molecule has 0 bridgehead atoms. The largest absolute Gasteiger partial charge is 0.465 e. The van der Waals surface area contributed by atoms with Crippen LogP contribution in [0.15, 0.2) is 36.5 Å². The van der Waals surface area contributed by atoms with E-state index >= 15 is 0 Å². The highest BCUT2D eigenvalue weighted by molar-refractivity contribution is 5.69. The molecule has 0 fully saturated rings. The van der Waals surface area contributed by atoms with E-state index in [0.717, 1.165) is 71.3 Å². The third-order valence-corrected chi connectivity index (χ3v) is 12.0. The summed E-state index contributed by atoms with van der Waals surface area (Å²) in [6.07, 6.45) is 58.0. The van der Waals surface area contributed by atoms with E-state index in [1.807, 2.05) is 6.79 Å². The molecule has 0 saturated carbocycles. The zero-order valence-electron chi connectivity index (χ0n) is 43.6. The average Bonchev–Trinajstić information content (AvgIpc) is 3.29. The molecule has 0 aromatic carbocycles. The lowest BCUT2D eigenvalue weighted by molar-refractivity contribution is -0.147. The summed E-state index contributed by atoms with van der Waals surface area (Å²) < 4.78 is 18.0. The molecule has 0 amide bonds. The smallest absolute Gasteiger partial charge is 0.305 e. The Morgan fingerprint density at radius 2 is 0.833 bits per heavy atom. The first-order valence-electron chi connectivity index (χ1n) is 27.4. The van der Waals surface area contributed by atoms with Gasteiger partial charge in [0.15, 0.2) is 0 Å². The molecule has 1 atom stereocenters. The molecule has 7 heteroatoms. The molecule has 0 saturated heterocycles. The normalized spacial score (nSPS) is 12.0. The molecular formula is C59H118N2O5. The van der Waals surface area contributed by atoms with Crippen LogP contribution in [-0.2, 0) is 23.8 Å². The predicted octanol–water partition coefficient (Wildman–Crippen LogP) is 17.5. The SMILES string of the molecule is C.C.C=O.CCCCC/C=C\CCCN(CCCN(C)C)CC(COCOCCCCCCCC/C=C\CCCCCCCC)COC(=O)CCCCCCC/C=C\CCCCCCCC. The Labute approximate surface area is 414 Å². The second-order valence-electron chi connectivity index (χ2n) is 18.8. The predicted molar refractivity (Wildman–Crippen MR) is 293 cm³/mol. The van der Waals surface area contributed by atoms with Crippen molar-refractivity contribution in [3.63, 3.8) is 0 Å². The molecule has 0 aliphatic heterocycles. The number of carbonyl (C=O) groups is 2. The van der Waals surface area contributed by atoms with Crippen LogP contribution in [0, 0.1) is 5.92 Å². The molecule has 0 aliphatic carbocycles. The molecule has 0 aromatic rings. The van der Waals surface area contributed by atoms with E-state index in [0.29, 0.717) is 26.4 Å². The average molecular weight is 936 g/mol. The minimum Gasteiger partial charge on any atom is -0.465 e. The fourth-order valence-corrected chi connectivity index (χ4v) is 8.01. The van der Waals surface area contributed by atoms with Gasteiger partial charge in [-0.15, -0.1) is 0 Å². The van der Waals surface area contributed by atoms with Crippen molar-refractivity contribution >= 4 is 12.8 Å². The maximum atomic E-state index is 12.9. The van der Waals surface area contributed by atoms with Gasteiger partial charge >= 0.3 is 5.97 Å². The van der Waals surface area contributed by atoms with Crippen LogP contribution in [0.1, 0.15) is 260 Å². The Morgan fingerprint density at radius 1 is 0.455 bits per heavy atom. The fraction of sp³-hybridized carbons (Fsp3) is 0.864. The Bertz CT molecular complexity index is 985. The summed E-state index contributed by atoms with van der Waals surface area (Å²) in [7, 11) is 4.30. The van der Waals surface area contributed by atoms with Gasteiger partial charge in [-0.1, -0.05) is 194 Å². The monoisotopic (exact) mass is 935 g/mol. The van der Waals surface area contributed by atoms with Crippen LogP contribution in [0.2, 0.25) is 0 Å². The van der Waals surface area contributed by atoms with Crippen LogP contribution in [0.25, 0.3) is 0 Å². The molecule has 1 unspecified atom stereocenters. The lowest BCUT2D eigenvalue weighted by Gasteiger charge is -2.28. The van der Waals surface area contributed by atoms with Gasteiger partial charge in [-0.05, 0) is 130 Å². The number of unbranched alkanes of at least 4 members (excludes halogenated alkanes) is 27. The number of allylic oxidation sites excluding steroid dienone is 6. The van der Waals surface area contributed by atoms with Gasteiger partial charge in [0, 0.05) is 25.5 Å². The molecule has 0 spiro atoms. The summed E-state index contributed by atoms with van der Waals surface area (Å²) in [5.74, 6) is 0.0715. The minimum absolute atomic E-state index is 0. The number of ether oxygens (including phenoxy) is 3. The van der Waals surface area contributed by atoms with Crippen molar-refractivity contribution in [1.29, 1.82) is 0 Å². The molecule has 66 heavy (non-hydrogen) atoms. The van der Waals surface area contributed by atoms with Crippen molar-refractivity contribution in [3.8, 4) is 0 Å². The Balaban J connectivity index is -0.00000473. The van der Waals surface area contributed by atoms with Gasteiger partial charge in [0.1, 0.15) is 13.6 Å². The van der Waals surface area contributed by atoms with Gasteiger partial charge in [0.05, 0.1) is 13.2 Å². The number of rotatable bonds is 51. The first kappa shape index (κ1) is 70.8. The first-order chi connectivity index (χ1) is 31.5. The molecule has 0 rings (SSSR count). The van der Waals surface area contributed by atoms with E-state index in [9.17, 15) is 4.79 Å². The van der Waals surface area contributed by atoms with Gasteiger partial charge in [-0.2, -0.15) is 0 Å². The highest BCUT2D eigenvalue weighted by Gasteiger charge is 2.17. The highest BCUT2D eigenvalue weighted by atomic mass is 16.7. The Kier molecular flexibility index (Phi) is 67.8. The summed E-state index contributed by atoms with van der Waals surface area (Å²) in [4.78, 5) is 25.7. The third kappa shape index (κ3) is 60.2. The van der Waals surface area contributed by atoms with E-state index in [2.05, 4.69) is 81.1 Å². The second kappa shape index (κ2) is 63.2. The van der Waals surface area contributed by atoms with Gasteiger partial charge in [-0.25, -0.2) is 0 Å². The molecule has 0 aromatic heterocycles. The van der Waals surface area contributed by atoms with Crippen LogP contribution >= 0.6 is 0 Å². The third-order valence-electron chi connectivity index (χ3n) is 12.0. The molecule has 7 nitrogen and oxygen atoms in total. The van der Waals surface area contributed by atoms with Crippen LogP contribution in [0.5, 0.6) is 0 Å². The van der Waals surface area contributed by atoms with Crippen LogP contribution in [0.3, 0.4) is 0 Å². The van der Waals surface area contributed by atoms with Crippen molar-refractivity contribution in [2.24, 2.45) is 5.92 Å². The lowest BCUT2D eigenvalue weighted by atomic mass is 10.1. The van der Waals surface area contributed by atoms with Crippen molar-refractivity contribution in [2.45, 2.75) is 260 Å². The fourth-order valence-electron chi connectivity index (χ4n) is 8.01. The van der Waals surface area contributed by atoms with E-state index in [4.69, 9.17) is 19.0 Å². The molecule has 0 heterocycles. The quantitative estimate of drug-likeness (QED) is 0.0260. The van der Waals surface area contributed by atoms with Crippen LogP contribution < -0.4 is 0 Å². The van der Waals surface area contributed by atoms with Crippen molar-refractivity contribution in [1.82, 2.24) is 9.80 Å².